The number of hydrogen-bond donors (Lipinski definition) is 1. The molecule has 0 radical (unpaired) electrons. The van der Waals surface area contributed by atoms with Crippen molar-refractivity contribution in [3.63, 3.8) is 0 Å². The fourth-order valence-electron chi connectivity index (χ4n) is 1.26. The van der Waals surface area contributed by atoms with Crippen molar-refractivity contribution < 1.29 is 17.9 Å². The van der Waals surface area contributed by atoms with Gasteiger partial charge in [0.1, 0.15) is 5.75 Å². The number of hydrogen-bond acceptors (Lipinski definition) is 2. The minimum Gasteiger partial charge on any atom is -0.496 e. The van der Waals surface area contributed by atoms with Crippen molar-refractivity contribution in [2.45, 2.75) is 19.1 Å². The molecule has 0 aliphatic carbocycles. The molecule has 5 heteroatoms. The van der Waals surface area contributed by atoms with Gasteiger partial charge in [0, 0.05) is 11.6 Å². The third kappa shape index (κ3) is 2.62. The number of halogens is 3. The molecular formula is C10H12F3NO. The average Bonchev–Trinajstić information content (AvgIpc) is 2.15. The number of alkyl halides is 3. The van der Waals surface area contributed by atoms with Crippen molar-refractivity contribution in [2.75, 3.05) is 7.11 Å². The molecule has 0 aromatic heterocycles. The highest BCUT2D eigenvalue weighted by Gasteiger charge is 2.31. The molecule has 1 rings (SSSR count). The molecule has 1 aromatic rings. The van der Waals surface area contributed by atoms with E-state index in [1.54, 1.807) is 6.92 Å². The molecule has 0 heterocycles. The quantitative estimate of drug-likeness (QED) is 0.830. The molecule has 1 aromatic carbocycles. The Bertz CT molecular complexity index is 347. The Morgan fingerprint density at radius 3 is 2.33 bits per heavy atom. The maximum Gasteiger partial charge on any atom is 0.416 e. The van der Waals surface area contributed by atoms with Crippen LogP contribution >= 0.6 is 0 Å². The van der Waals surface area contributed by atoms with Crippen LogP contribution in [0.1, 0.15) is 24.1 Å². The summed E-state index contributed by atoms with van der Waals surface area (Å²) in [5.74, 6) is 0.167. The third-order valence-electron chi connectivity index (χ3n) is 2.05. The number of rotatable bonds is 2. The third-order valence-corrected chi connectivity index (χ3v) is 2.05. The van der Waals surface area contributed by atoms with Crippen LogP contribution in [0.4, 0.5) is 13.2 Å². The van der Waals surface area contributed by atoms with Crippen molar-refractivity contribution >= 4 is 0 Å². The Labute approximate surface area is 85.8 Å². The van der Waals surface area contributed by atoms with Crippen molar-refractivity contribution in [3.8, 4) is 5.75 Å². The highest BCUT2D eigenvalue weighted by Crippen LogP contribution is 2.34. The van der Waals surface area contributed by atoms with E-state index in [-0.39, 0.29) is 11.8 Å². The van der Waals surface area contributed by atoms with Crippen LogP contribution in [-0.2, 0) is 6.18 Å². The van der Waals surface area contributed by atoms with Crippen LogP contribution in [0.2, 0.25) is 0 Å². The minimum absolute atomic E-state index is 0.167. The van der Waals surface area contributed by atoms with Crippen molar-refractivity contribution in [1.29, 1.82) is 0 Å². The molecule has 0 aliphatic rings. The summed E-state index contributed by atoms with van der Waals surface area (Å²) in [5, 5.41) is 0. The van der Waals surface area contributed by atoms with Gasteiger partial charge >= 0.3 is 6.18 Å². The summed E-state index contributed by atoms with van der Waals surface area (Å²) in [6.45, 7) is 1.69. The molecule has 0 saturated carbocycles. The topological polar surface area (TPSA) is 35.2 Å². The van der Waals surface area contributed by atoms with Gasteiger partial charge in [0.15, 0.2) is 0 Å². The van der Waals surface area contributed by atoms with Gasteiger partial charge in [0.25, 0.3) is 0 Å². The highest BCUT2D eigenvalue weighted by atomic mass is 19.4. The SMILES string of the molecule is COc1cc(C(F)(F)F)ccc1C(C)N. The normalized spacial score (nSPS) is 13.7. The van der Waals surface area contributed by atoms with E-state index in [0.29, 0.717) is 5.56 Å². The van der Waals surface area contributed by atoms with Crippen LogP contribution in [0.3, 0.4) is 0 Å². The summed E-state index contributed by atoms with van der Waals surface area (Å²) in [6, 6.07) is 2.94. The molecule has 0 aliphatic heterocycles. The number of methoxy groups -OCH3 is 1. The van der Waals surface area contributed by atoms with Crippen LogP contribution in [-0.4, -0.2) is 7.11 Å². The molecular weight excluding hydrogens is 207 g/mol. The summed E-state index contributed by atoms with van der Waals surface area (Å²) < 4.78 is 41.9. The van der Waals surface area contributed by atoms with Crippen LogP contribution in [0, 0.1) is 0 Å². The summed E-state index contributed by atoms with van der Waals surface area (Å²) in [4.78, 5) is 0. The first-order chi connectivity index (χ1) is 6.86. The van der Waals surface area contributed by atoms with Crippen LogP contribution in [0.5, 0.6) is 5.75 Å². The van der Waals surface area contributed by atoms with Gasteiger partial charge in [-0.2, -0.15) is 13.2 Å². The summed E-state index contributed by atoms with van der Waals surface area (Å²) >= 11 is 0. The van der Waals surface area contributed by atoms with Crippen LogP contribution < -0.4 is 10.5 Å². The van der Waals surface area contributed by atoms with Gasteiger partial charge in [-0.1, -0.05) is 6.07 Å². The standard InChI is InChI=1S/C10H12F3NO/c1-6(14)8-4-3-7(10(11,12)13)5-9(8)15-2/h3-6H,14H2,1-2H3. The van der Waals surface area contributed by atoms with Gasteiger partial charge < -0.3 is 10.5 Å². The van der Waals surface area contributed by atoms with Gasteiger partial charge in [-0.05, 0) is 19.1 Å². The maximum atomic E-state index is 12.4. The predicted molar refractivity (Wildman–Crippen MR) is 50.6 cm³/mol. The summed E-state index contributed by atoms with van der Waals surface area (Å²) in [6.07, 6.45) is -4.36. The number of nitrogens with two attached hydrogens (primary N) is 1. The first-order valence-corrected chi connectivity index (χ1v) is 4.37. The Hall–Kier alpha value is -1.23. The Morgan fingerprint density at radius 1 is 1.33 bits per heavy atom. The lowest BCUT2D eigenvalue weighted by atomic mass is 10.0. The molecule has 0 saturated heterocycles. The first-order valence-electron chi connectivity index (χ1n) is 4.37. The van der Waals surface area contributed by atoms with Gasteiger partial charge in [-0.3, -0.25) is 0 Å². The van der Waals surface area contributed by atoms with Gasteiger partial charge in [-0.25, -0.2) is 0 Å². The molecule has 0 fully saturated rings. The van der Waals surface area contributed by atoms with Crippen molar-refractivity contribution in [2.24, 2.45) is 5.73 Å². The average molecular weight is 219 g/mol. The highest BCUT2D eigenvalue weighted by molar-refractivity contribution is 5.40. The van der Waals surface area contributed by atoms with Crippen molar-refractivity contribution in [1.82, 2.24) is 0 Å². The van der Waals surface area contributed by atoms with Crippen LogP contribution in [0.15, 0.2) is 18.2 Å². The second kappa shape index (κ2) is 4.10. The second-order valence-electron chi connectivity index (χ2n) is 3.24. The predicted octanol–water partition coefficient (Wildman–Crippen LogP) is 2.73. The smallest absolute Gasteiger partial charge is 0.416 e. The number of benzene rings is 1. The molecule has 0 spiro atoms. The second-order valence-corrected chi connectivity index (χ2v) is 3.24. The zero-order valence-corrected chi connectivity index (χ0v) is 8.43. The van der Waals surface area contributed by atoms with E-state index in [1.807, 2.05) is 0 Å². The van der Waals surface area contributed by atoms with E-state index in [9.17, 15) is 13.2 Å². The first kappa shape index (κ1) is 11.8. The monoisotopic (exact) mass is 219 g/mol. The molecule has 15 heavy (non-hydrogen) atoms. The molecule has 0 amide bonds. The van der Waals surface area contributed by atoms with E-state index in [4.69, 9.17) is 10.5 Å². The van der Waals surface area contributed by atoms with E-state index in [1.165, 1.54) is 13.2 Å². The molecule has 0 bridgehead atoms. The fourth-order valence-corrected chi connectivity index (χ4v) is 1.26. The molecule has 2 nitrogen and oxygen atoms in total. The zero-order valence-electron chi connectivity index (χ0n) is 8.43. The Morgan fingerprint density at radius 2 is 1.93 bits per heavy atom. The Kier molecular flexibility index (Phi) is 3.24. The minimum atomic E-state index is -4.36. The fraction of sp³-hybridized carbons (Fsp3) is 0.400. The molecule has 84 valence electrons. The van der Waals surface area contributed by atoms with E-state index in [0.717, 1.165) is 12.1 Å². The largest absolute Gasteiger partial charge is 0.496 e. The van der Waals surface area contributed by atoms with E-state index >= 15 is 0 Å². The van der Waals surface area contributed by atoms with E-state index < -0.39 is 11.7 Å². The maximum absolute atomic E-state index is 12.4. The number of ether oxygens (including phenoxy) is 1. The molecule has 1 unspecified atom stereocenters. The lowest BCUT2D eigenvalue weighted by Crippen LogP contribution is -2.10. The summed E-state index contributed by atoms with van der Waals surface area (Å²) in [5.41, 5.74) is 5.42. The lowest BCUT2D eigenvalue weighted by molar-refractivity contribution is -0.137. The molecule has 1 atom stereocenters. The van der Waals surface area contributed by atoms with Gasteiger partial charge in [0.05, 0.1) is 12.7 Å². The van der Waals surface area contributed by atoms with E-state index in [2.05, 4.69) is 0 Å². The van der Waals surface area contributed by atoms with Crippen molar-refractivity contribution in [3.05, 3.63) is 29.3 Å². The summed E-state index contributed by atoms with van der Waals surface area (Å²) in [7, 11) is 1.32. The van der Waals surface area contributed by atoms with Crippen LogP contribution in [0.25, 0.3) is 0 Å². The zero-order chi connectivity index (χ0) is 11.6. The molecule has 2 N–H and O–H groups in total. The Balaban J connectivity index is 3.19. The van der Waals surface area contributed by atoms with Gasteiger partial charge in [-0.15, -0.1) is 0 Å². The lowest BCUT2D eigenvalue weighted by Gasteiger charge is -2.14. The van der Waals surface area contributed by atoms with Gasteiger partial charge in [0.2, 0.25) is 0 Å².